The lowest BCUT2D eigenvalue weighted by molar-refractivity contribution is 0.288. The molecule has 1 unspecified atom stereocenters. The van der Waals surface area contributed by atoms with E-state index in [9.17, 15) is 4.39 Å². The molecule has 3 heteroatoms. The Morgan fingerprint density at radius 3 is 2.78 bits per heavy atom. The zero-order valence-corrected chi connectivity index (χ0v) is 11.1. The Morgan fingerprint density at radius 1 is 1.44 bits per heavy atom. The lowest BCUT2D eigenvalue weighted by atomic mass is 9.83. The summed E-state index contributed by atoms with van der Waals surface area (Å²) in [5, 5.41) is 3.48. The first-order valence-electron chi connectivity index (χ1n) is 6.90. The highest BCUT2D eigenvalue weighted by Crippen LogP contribution is 2.29. The minimum atomic E-state index is -0.149. The van der Waals surface area contributed by atoms with Gasteiger partial charge in [-0.15, -0.1) is 0 Å². The second-order valence-electron chi connectivity index (χ2n) is 5.34. The van der Waals surface area contributed by atoms with Crippen LogP contribution in [0.15, 0.2) is 18.2 Å². The van der Waals surface area contributed by atoms with Gasteiger partial charge in [-0.05, 0) is 43.0 Å². The van der Waals surface area contributed by atoms with Crippen LogP contribution in [0.2, 0.25) is 0 Å². The van der Waals surface area contributed by atoms with Crippen molar-refractivity contribution in [2.75, 3.05) is 13.1 Å². The van der Waals surface area contributed by atoms with E-state index in [1.165, 1.54) is 31.7 Å². The average molecular weight is 250 g/mol. The van der Waals surface area contributed by atoms with Crippen LogP contribution < -0.4 is 11.1 Å². The van der Waals surface area contributed by atoms with Crippen molar-refractivity contribution < 1.29 is 4.39 Å². The number of benzene rings is 1. The monoisotopic (exact) mass is 250 g/mol. The van der Waals surface area contributed by atoms with Gasteiger partial charge < -0.3 is 11.1 Å². The molecule has 0 aromatic heterocycles. The van der Waals surface area contributed by atoms with Crippen LogP contribution in [0, 0.1) is 18.7 Å². The summed E-state index contributed by atoms with van der Waals surface area (Å²) < 4.78 is 13.2. The predicted octanol–water partition coefficient (Wildman–Crippen LogP) is 2.91. The molecule has 100 valence electrons. The fraction of sp³-hybridized carbons (Fsp3) is 0.600. The standard InChI is InChI=1S/C15H23FN2/c1-11-9-13(5-6-14(11)16)15(10-17)18-8-7-12-3-2-4-12/h5-6,9,12,15,18H,2-4,7-8,10,17H2,1H3. The van der Waals surface area contributed by atoms with E-state index in [2.05, 4.69) is 5.32 Å². The first-order valence-corrected chi connectivity index (χ1v) is 6.90. The SMILES string of the molecule is Cc1cc(C(CN)NCCC2CCC2)ccc1F. The van der Waals surface area contributed by atoms with Crippen LogP contribution in [0.5, 0.6) is 0 Å². The Bertz CT molecular complexity index is 388. The van der Waals surface area contributed by atoms with Crippen molar-refractivity contribution in [1.82, 2.24) is 5.32 Å². The fourth-order valence-corrected chi connectivity index (χ4v) is 2.47. The first-order chi connectivity index (χ1) is 8.70. The van der Waals surface area contributed by atoms with Crippen LogP contribution in [-0.2, 0) is 0 Å². The third-order valence-electron chi connectivity index (χ3n) is 3.99. The lowest BCUT2D eigenvalue weighted by Crippen LogP contribution is -2.30. The summed E-state index contributed by atoms with van der Waals surface area (Å²) in [6.07, 6.45) is 5.38. The quantitative estimate of drug-likeness (QED) is 0.814. The maximum atomic E-state index is 13.2. The molecule has 1 saturated carbocycles. The number of hydrogen-bond donors (Lipinski definition) is 2. The van der Waals surface area contributed by atoms with Gasteiger partial charge in [0.25, 0.3) is 0 Å². The Balaban J connectivity index is 1.87. The maximum absolute atomic E-state index is 13.2. The third kappa shape index (κ3) is 3.30. The number of rotatable bonds is 6. The van der Waals surface area contributed by atoms with Gasteiger partial charge in [-0.1, -0.05) is 31.4 Å². The molecular weight excluding hydrogens is 227 g/mol. The third-order valence-corrected chi connectivity index (χ3v) is 3.99. The zero-order chi connectivity index (χ0) is 13.0. The maximum Gasteiger partial charge on any atom is 0.126 e. The number of hydrogen-bond acceptors (Lipinski definition) is 2. The van der Waals surface area contributed by atoms with Crippen molar-refractivity contribution in [1.29, 1.82) is 0 Å². The van der Waals surface area contributed by atoms with Gasteiger partial charge in [0.05, 0.1) is 0 Å². The van der Waals surface area contributed by atoms with E-state index in [1.54, 1.807) is 6.92 Å². The van der Waals surface area contributed by atoms with Crippen LogP contribution in [0.25, 0.3) is 0 Å². The second-order valence-corrected chi connectivity index (χ2v) is 5.34. The minimum Gasteiger partial charge on any atom is -0.329 e. The molecule has 0 aliphatic heterocycles. The molecule has 2 nitrogen and oxygen atoms in total. The highest BCUT2D eigenvalue weighted by atomic mass is 19.1. The number of nitrogens with two attached hydrogens (primary N) is 1. The Morgan fingerprint density at radius 2 is 2.22 bits per heavy atom. The Kier molecular flexibility index (Phi) is 4.72. The number of nitrogens with one attached hydrogen (secondary N) is 1. The Hall–Kier alpha value is -0.930. The van der Waals surface area contributed by atoms with E-state index < -0.39 is 0 Å². The van der Waals surface area contributed by atoms with Gasteiger partial charge in [0, 0.05) is 12.6 Å². The van der Waals surface area contributed by atoms with Crippen molar-refractivity contribution in [3.8, 4) is 0 Å². The van der Waals surface area contributed by atoms with Crippen LogP contribution in [0.1, 0.15) is 42.9 Å². The van der Waals surface area contributed by atoms with Crippen molar-refractivity contribution in [2.24, 2.45) is 11.7 Å². The van der Waals surface area contributed by atoms with E-state index >= 15 is 0 Å². The van der Waals surface area contributed by atoms with Crippen molar-refractivity contribution in [3.63, 3.8) is 0 Å². The molecule has 1 atom stereocenters. The summed E-state index contributed by atoms with van der Waals surface area (Å²) >= 11 is 0. The van der Waals surface area contributed by atoms with Gasteiger partial charge in [0.15, 0.2) is 0 Å². The molecule has 0 bridgehead atoms. The summed E-state index contributed by atoms with van der Waals surface area (Å²) in [6, 6.07) is 5.39. The molecule has 3 N–H and O–H groups in total. The fourth-order valence-electron chi connectivity index (χ4n) is 2.47. The second kappa shape index (κ2) is 6.30. The highest BCUT2D eigenvalue weighted by Gasteiger charge is 2.17. The van der Waals surface area contributed by atoms with E-state index in [-0.39, 0.29) is 11.9 Å². The van der Waals surface area contributed by atoms with Crippen LogP contribution in [0.3, 0.4) is 0 Å². The Labute approximate surface area is 109 Å². The van der Waals surface area contributed by atoms with Gasteiger partial charge in [-0.2, -0.15) is 0 Å². The molecular formula is C15H23FN2. The molecule has 2 rings (SSSR count). The molecule has 1 fully saturated rings. The summed E-state index contributed by atoms with van der Waals surface area (Å²) in [6.45, 7) is 3.35. The van der Waals surface area contributed by atoms with E-state index in [4.69, 9.17) is 5.73 Å². The molecule has 1 aliphatic rings. The van der Waals surface area contributed by atoms with Gasteiger partial charge >= 0.3 is 0 Å². The molecule has 0 heterocycles. The molecule has 1 aromatic carbocycles. The van der Waals surface area contributed by atoms with E-state index in [0.717, 1.165) is 18.0 Å². The summed E-state index contributed by atoms with van der Waals surface area (Å²) in [7, 11) is 0. The van der Waals surface area contributed by atoms with Crippen molar-refractivity contribution in [3.05, 3.63) is 35.1 Å². The lowest BCUT2D eigenvalue weighted by Gasteiger charge is -2.26. The molecule has 0 spiro atoms. The van der Waals surface area contributed by atoms with Crippen molar-refractivity contribution in [2.45, 2.75) is 38.6 Å². The van der Waals surface area contributed by atoms with Gasteiger partial charge in [-0.3, -0.25) is 0 Å². The number of aryl methyl sites for hydroxylation is 1. The normalized spacial score (nSPS) is 17.5. The molecule has 0 amide bonds. The zero-order valence-electron chi connectivity index (χ0n) is 11.1. The smallest absolute Gasteiger partial charge is 0.126 e. The minimum absolute atomic E-state index is 0.143. The van der Waals surface area contributed by atoms with Crippen LogP contribution in [0.4, 0.5) is 4.39 Å². The molecule has 0 saturated heterocycles. The van der Waals surface area contributed by atoms with Crippen LogP contribution in [-0.4, -0.2) is 13.1 Å². The molecule has 1 aromatic rings. The van der Waals surface area contributed by atoms with Gasteiger partial charge in [0.2, 0.25) is 0 Å². The largest absolute Gasteiger partial charge is 0.329 e. The van der Waals surface area contributed by atoms with E-state index in [1.807, 2.05) is 12.1 Å². The summed E-state index contributed by atoms with van der Waals surface area (Å²) in [5.74, 6) is 0.759. The predicted molar refractivity (Wildman–Crippen MR) is 72.9 cm³/mol. The van der Waals surface area contributed by atoms with Gasteiger partial charge in [0.1, 0.15) is 5.82 Å². The van der Waals surface area contributed by atoms with E-state index in [0.29, 0.717) is 12.1 Å². The summed E-state index contributed by atoms with van der Waals surface area (Å²) in [5.41, 5.74) is 7.57. The molecule has 18 heavy (non-hydrogen) atoms. The van der Waals surface area contributed by atoms with Crippen LogP contribution >= 0.6 is 0 Å². The summed E-state index contributed by atoms with van der Waals surface area (Å²) in [4.78, 5) is 0. The van der Waals surface area contributed by atoms with Gasteiger partial charge in [-0.25, -0.2) is 4.39 Å². The average Bonchev–Trinajstić information content (AvgIpc) is 2.31. The molecule has 1 aliphatic carbocycles. The highest BCUT2D eigenvalue weighted by molar-refractivity contribution is 5.26. The molecule has 0 radical (unpaired) electrons. The topological polar surface area (TPSA) is 38.0 Å². The first kappa shape index (κ1) is 13.5. The van der Waals surface area contributed by atoms with Crippen molar-refractivity contribution >= 4 is 0 Å². The number of halogens is 1.